The molecule has 1 aromatic heterocycles. The van der Waals surface area contributed by atoms with Gasteiger partial charge in [0.25, 0.3) is 0 Å². The van der Waals surface area contributed by atoms with Crippen LogP contribution in [0.5, 0.6) is 0 Å². The first-order valence-electron chi connectivity index (χ1n) is 8.73. The summed E-state index contributed by atoms with van der Waals surface area (Å²) < 4.78 is 81.9. The Kier molecular flexibility index (Phi) is 6.71. The Hall–Kier alpha value is -2.78. The number of esters is 1. The maximum Gasteiger partial charge on any atom is 0.416 e. The third-order valence-electron chi connectivity index (χ3n) is 4.24. The zero-order valence-electron chi connectivity index (χ0n) is 15.7. The van der Waals surface area contributed by atoms with Crippen LogP contribution in [0.1, 0.15) is 27.2 Å². The monoisotopic (exact) mass is 493 g/mol. The molecular weight excluding hydrogens is 483 g/mol. The van der Waals surface area contributed by atoms with E-state index in [9.17, 15) is 31.1 Å². The smallest absolute Gasteiger partial charge is 0.416 e. The van der Waals surface area contributed by atoms with E-state index in [0.29, 0.717) is 0 Å². The summed E-state index contributed by atoms with van der Waals surface area (Å²) in [5.74, 6) is -1.03. The van der Waals surface area contributed by atoms with Gasteiger partial charge in [0.1, 0.15) is 6.61 Å². The Balaban J connectivity index is 1.83. The molecule has 0 atom stereocenters. The average molecular weight is 494 g/mol. The molecule has 0 saturated heterocycles. The van der Waals surface area contributed by atoms with E-state index in [2.05, 4.69) is 4.98 Å². The van der Waals surface area contributed by atoms with Crippen molar-refractivity contribution in [3.63, 3.8) is 0 Å². The molecule has 0 unspecified atom stereocenters. The molecule has 11 heteroatoms. The molecule has 0 saturated carbocycles. The molecular formula is C21H11Cl2F6NO2. The lowest BCUT2D eigenvalue weighted by Crippen LogP contribution is -2.10. The van der Waals surface area contributed by atoms with Crippen molar-refractivity contribution in [2.75, 3.05) is 0 Å². The zero-order chi connectivity index (χ0) is 23.7. The summed E-state index contributed by atoms with van der Waals surface area (Å²) in [5.41, 5.74) is -1.97. The number of hydrogen-bond donors (Lipinski definition) is 0. The van der Waals surface area contributed by atoms with Crippen molar-refractivity contribution in [1.29, 1.82) is 0 Å². The van der Waals surface area contributed by atoms with Crippen molar-refractivity contribution in [3.8, 4) is 11.3 Å². The van der Waals surface area contributed by atoms with E-state index in [-0.39, 0.29) is 32.6 Å². The number of carbonyl (C=O) groups is 1. The predicted molar refractivity (Wildman–Crippen MR) is 105 cm³/mol. The molecule has 3 nitrogen and oxygen atoms in total. The second-order valence-electron chi connectivity index (χ2n) is 6.49. The minimum Gasteiger partial charge on any atom is -0.456 e. The van der Waals surface area contributed by atoms with E-state index < -0.39 is 36.1 Å². The van der Waals surface area contributed by atoms with Crippen molar-refractivity contribution in [3.05, 3.63) is 87.0 Å². The summed E-state index contributed by atoms with van der Waals surface area (Å²) in [6, 6.07) is 9.47. The van der Waals surface area contributed by atoms with Gasteiger partial charge in [-0.3, -0.25) is 0 Å². The van der Waals surface area contributed by atoms with E-state index in [1.54, 1.807) is 0 Å². The molecule has 0 fully saturated rings. The van der Waals surface area contributed by atoms with Crippen molar-refractivity contribution >= 4 is 29.2 Å². The molecule has 32 heavy (non-hydrogen) atoms. The Labute approximate surface area is 187 Å². The van der Waals surface area contributed by atoms with Crippen molar-refractivity contribution in [1.82, 2.24) is 4.98 Å². The number of aromatic nitrogens is 1. The molecule has 0 radical (unpaired) electrons. The zero-order valence-corrected chi connectivity index (χ0v) is 17.2. The minimum absolute atomic E-state index is 0.0548. The lowest BCUT2D eigenvalue weighted by Gasteiger charge is -2.12. The van der Waals surface area contributed by atoms with Crippen LogP contribution >= 0.6 is 23.2 Å². The molecule has 0 aliphatic rings. The Morgan fingerprint density at radius 1 is 0.844 bits per heavy atom. The van der Waals surface area contributed by atoms with E-state index >= 15 is 0 Å². The van der Waals surface area contributed by atoms with Crippen LogP contribution in [-0.4, -0.2) is 11.0 Å². The van der Waals surface area contributed by atoms with Crippen LogP contribution in [-0.2, 0) is 23.7 Å². The highest BCUT2D eigenvalue weighted by Crippen LogP contribution is 2.35. The predicted octanol–water partition coefficient (Wildman–Crippen LogP) is 7.45. The van der Waals surface area contributed by atoms with E-state index in [0.717, 1.165) is 30.3 Å². The molecule has 0 aliphatic carbocycles. The first-order chi connectivity index (χ1) is 14.9. The first kappa shape index (κ1) is 23.9. The largest absolute Gasteiger partial charge is 0.456 e. The number of hydrogen-bond acceptors (Lipinski definition) is 3. The van der Waals surface area contributed by atoms with Crippen LogP contribution in [0.4, 0.5) is 26.3 Å². The number of benzene rings is 2. The molecule has 0 aliphatic heterocycles. The molecule has 0 amide bonds. The number of rotatable bonds is 4. The van der Waals surface area contributed by atoms with Gasteiger partial charge >= 0.3 is 18.3 Å². The van der Waals surface area contributed by atoms with Crippen LogP contribution in [0.25, 0.3) is 11.3 Å². The van der Waals surface area contributed by atoms with Gasteiger partial charge in [-0.2, -0.15) is 26.3 Å². The van der Waals surface area contributed by atoms with E-state index in [1.807, 2.05) is 0 Å². The van der Waals surface area contributed by atoms with Gasteiger partial charge in [-0.25, -0.2) is 9.78 Å². The summed E-state index contributed by atoms with van der Waals surface area (Å²) in [4.78, 5) is 16.4. The summed E-state index contributed by atoms with van der Waals surface area (Å²) in [5, 5.41) is -0.372. The van der Waals surface area contributed by atoms with Gasteiger partial charge in [-0.15, -0.1) is 0 Å². The highest BCUT2D eigenvalue weighted by Gasteiger charge is 2.31. The third kappa shape index (κ3) is 5.52. The summed E-state index contributed by atoms with van der Waals surface area (Å²) >= 11 is 11.9. The van der Waals surface area contributed by atoms with Crippen LogP contribution in [0.15, 0.2) is 54.6 Å². The van der Waals surface area contributed by atoms with Crippen molar-refractivity contribution < 1.29 is 35.9 Å². The van der Waals surface area contributed by atoms with Crippen LogP contribution < -0.4 is 0 Å². The fourth-order valence-electron chi connectivity index (χ4n) is 2.69. The second kappa shape index (κ2) is 8.99. The number of carbonyl (C=O) groups excluding carboxylic acids is 1. The van der Waals surface area contributed by atoms with Crippen molar-refractivity contribution in [2.24, 2.45) is 0 Å². The number of nitrogens with zero attached hydrogens (tertiary/aromatic N) is 1. The molecule has 2 aromatic carbocycles. The standard InChI is InChI=1S/C21H11Cl2F6NO2/c22-15-6-7-17(14-5-4-13(9-16(14)23)21(27,28)29)30-18(15)19(31)32-10-11-2-1-3-12(8-11)20(24,25)26/h1-9H,10H2. The molecule has 0 spiro atoms. The summed E-state index contributed by atoms with van der Waals surface area (Å²) in [6.07, 6.45) is -9.14. The molecule has 168 valence electrons. The lowest BCUT2D eigenvalue weighted by atomic mass is 10.1. The minimum atomic E-state index is -4.59. The summed E-state index contributed by atoms with van der Waals surface area (Å²) in [6.45, 7) is -0.480. The second-order valence-corrected chi connectivity index (χ2v) is 7.31. The maximum absolute atomic E-state index is 12.8. The van der Waals surface area contributed by atoms with Gasteiger partial charge in [-0.1, -0.05) is 41.4 Å². The van der Waals surface area contributed by atoms with Gasteiger partial charge in [0.15, 0.2) is 5.69 Å². The fraction of sp³-hybridized carbons (Fsp3) is 0.143. The van der Waals surface area contributed by atoms with Crippen molar-refractivity contribution in [2.45, 2.75) is 19.0 Å². The molecule has 0 bridgehead atoms. The topological polar surface area (TPSA) is 39.2 Å². The highest BCUT2D eigenvalue weighted by molar-refractivity contribution is 6.34. The number of pyridine rings is 1. The molecule has 1 heterocycles. The van der Waals surface area contributed by atoms with Crippen LogP contribution in [0.3, 0.4) is 0 Å². The average Bonchev–Trinajstić information content (AvgIpc) is 2.71. The van der Waals surface area contributed by atoms with Crippen LogP contribution in [0.2, 0.25) is 10.0 Å². The van der Waals surface area contributed by atoms with E-state index in [1.165, 1.54) is 24.3 Å². The Morgan fingerprint density at radius 2 is 1.50 bits per heavy atom. The number of ether oxygens (including phenoxy) is 1. The summed E-state index contributed by atoms with van der Waals surface area (Å²) in [7, 11) is 0. The number of alkyl halides is 6. The quantitative estimate of drug-likeness (QED) is 0.280. The van der Waals surface area contributed by atoms with Gasteiger partial charge in [0.05, 0.1) is 26.9 Å². The molecule has 3 aromatic rings. The normalized spacial score (nSPS) is 12.0. The van der Waals surface area contributed by atoms with Gasteiger partial charge in [0.2, 0.25) is 0 Å². The Morgan fingerprint density at radius 3 is 2.12 bits per heavy atom. The maximum atomic E-state index is 12.8. The fourth-order valence-corrected chi connectivity index (χ4v) is 3.15. The Bertz CT molecular complexity index is 1160. The van der Waals surface area contributed by atoms with Gasteiger partial charge in [0, 0.05) is 5.56 Å². The lowest BCUT2D eigenvalue weighted by molar-refractivity contribution is -0.138. The SMILES string of the molecule is O=C(OCc1cccc(C(F)(F)F)c1)c1nc(-c2ccc(C(F)(F)F)cc2Cl)ccc1Cl. The van der Waals surface area contributed by atoms with Gasteiger partial charge in [-0.05, 0) is 42.0 Å². The van der Waals surface area contributed by atoms with Crippen LogP contribution in [0, 0.1) is 0 Å². The third-order valence-corrected chi connectivity index (χ3v) is 4.85. The van der Waals surface area contributed by atoms with Gasteiger partial charge < -0.3 is 4.74 Å². The highest BCUT2D eigenvalue weighted by atomic mass is 35.5. The molecule has 0 N–H and O–H groups in total. The van der Waals surface area contributed by atoms with E-state index in [4.69, 9.17) is 27.9 Å². The molecule has 3 rings (SSSR count). The first-order valence-corrected chi connectivity index (χ1v) is 9.49. The number of halogens is 8.